The van der Waals surface area contributed by atoms with Crippen LogP contribution in [0.2, 0.25) is 0 Å². The van der Waals surface area contributed by atoms with E-state index in [0.717, 1.165) is 0 Å². The molecule has 78 valence electrons. The van der Waals surface area contributed by atoms with E-state index in [1.165, 1.54) is 0 Å². The first-order chi connectivity index (χ1) is 5.60. The normalized spacial score (nSPS) is 12.5. The fourth-order valence-corrected chi connectivity index (χ4v) is 0.582. The SMILES string of the molecule is CC(C)(C)OC(=O)NC[N+](C)(C)N. The van der Waals surface area contributed by atoms with Gasteiger partial charge in [-0.3, -0.25) is 5.32 Å². The third-order valence-corrected chi connectivity index (χ3v) is 1.03. The van der Waals surface area contributed by atoms with Gasteiger partial charge in [0.1, 0.15) is 5.60 Å². The van der Waals surface area contributed by atoms with Gasteiger partial charge in [-0.1, -0.05) is 0 Å². The molecule has 0 aromatic carbocycles. The van der Waals surface area contributed by atoms with E-state index in [1.54, 1.807) is 14.1 Å². The van der Waals surface area contributed by atoms with Crippen molar-refractivity contribution in [1.82, 2.24) is 5.32 Å². The van der Waals surface area contributed by atoms with Crippen molar-refractivity contribution in [3.05, 3.63) is 0 Å². The summed E-state index contributed by atoms with van der Waals surface area (Å²) in [5.74, 6) is 5.61. The molecule has 0 aliphatic rings. The molecule has 0 spiro atoms. The van der Waals surface area contributed by atoms with Crippen LogP contribution >= 0.6 is 0 Å². The largest absolute Gasteiger partial charge is 0.444 e. The van der Waals surface area contributed by atoms with E-state index in [1.807, 2.05) is 20.8 Å². The van der Waals surface area contributed by atoms with Crippen LogP contribution in [0.1, 0.15) is 20.8 Å². The molecule has 13 heavy (non-hydrogen) atoms. The van der Waals surface area contributed by atoms with Gasteiger partial charge in [0.25, 0.3) is 0 Å². The van der Waals surface area contributed by atoms with Crippen molar-refractivity contribution in [1.29, 1.82) is 0 Å². The molecule has 0 atom stereocenters. The van der Waals surface area contributed by atoms with Gasteiger partial charge in [0.2, 0.25) is 0 Å². The molecule has 0 unspecified atom stereocenters. The first kappa shape index (κ1) is 12.2. The molecule has 1 amide bonds. The van der Waals surface area contributed by atoms with Crippen LogP contribution in [0.5, 0.6) is 0 Å². The molecule has 3 N–H and O–H groups in total. The summed E-state index contributed by atoms with van der Waals surface area (Å²) in [5, 5.41) is 2.57. The van der Waals surface area contributed by atoms with Crippen LogP contribution in [0, 0.1) is 0 Å². The highest BCUT2D eigenvalue weighted by Crippen LogP contribution is 2.06. The van der Waals surface area contributed by atoms with Gasteiger partial charge in [-0.2, -0.15) is 5.84 Å². The molecule has 5 nitrogen and oxygen atoms in total. The quantitative estimate of drug-likeness (QED) is 0.287. The Morgan fingerprint density at radius 3 is 2.23 bits per heavy atom. The van der Waals surface area contributed by atoms with Crippen molar-refractivity contribution >= 4 is 6.09 Å². The van der Waals surface area contributed by atoms with Gasteiger partial charge in [0.15, 0.2) is 6.67 Å². The molecule has 0 heterocycles. The molecule has 0 saturated carbocycles. The van der Waals surface area contributed by atoms with E-state index >= 15 is 0 Å². The smallest absolute Gasteiger partial charge is 0.412 e. The van der Waals surface area contributed by atoms with Gasteiger partial charge in [-0.05, 0) is 20.8 Å². The summed E-state index contributed by atoms with van der Waals surface area (Å²) in [4.78, 5) is 11.1. The summed E-state index contributed by atoms with van der Waals surface area (Å²) in [6, 6.07) is 0. The number of nitrogens with two attached hydrogens (primary N) is 1. The van der Waals surface area contributed by atoms with Crippen LogP contribution < -0.4 is 11.2 Å². The van der Waals surface area contributed by atoms with E-state index < -0.39 is 11.7 Å². The molecular formula is C8H20N3O2+. The zero-order valence-electron chi connectivity index (χ0n) is 9.05. The molecule has 0 fully saturated rings. The van der Waals surface area contributed by atoms with Crippen LogP contribution in [0.3, 0.4) is 0 Å². The highest BCUT2D eigenvalue weighted by atomic mass is 16.6. The lowest BCUT2D eigenvalue weighted by Crippen LogP contribution is -2.54. The van der Waals surface area contributed by atoms with E-state index in [4.69, 9.17) is 10.6 Å². The number of alkyl carbamates (subject to hydrolysis) is 1. The fraction of sp³-hybridized carbons (Fsp3) is 0.875. The van der Waals surface area contributed by atoms with Crippen molar-refractivity contribution in [2.75, 3.05) is 20.8 Å². The summed E-state index contributed by atoms with van der Waals surface area (Å²) in [7, 11) is 3.55. The minimum atomic E-state index is -0.462. The van der Waals surface area contributed by atoms with Crippen LogP contribution in [0.25, 0.3) is 0 Å². The number of quaternary nitrogens is 1. The van der Waals surface area contributed by atoms with Crippen LogP contribution in [-0.2, 0) is 4.74 Å². The number of carbonyl (C=O) groups excluding carboxylic acids is 1. The number of hydrogen-bond donors (Lipinski definition) is 2. The zero-order valence-corrected chi connectivity index (χ0v) is 9.05. The van der Waals surface area contributed by atoms with E-state index in [0.29, 0.717) is 6.67 Å². The Bertz CT molecular complexity index is 179. The van der Waals surface area contributed by atoms with Crippen molar-refractivity contribution < 1.29 is 14.1 Å². The second-order valence-corrected chi connectivity index (χ2v) is 4.62. The molecule has 5 heteroatoms. The summed E-state index contributed by atoms with van der Waals surface area (Å²) in [6.45, 7) is 5.79. The molecule has 0 saturated heterocycles. The Kier molecular flexibility index (Phi) is 3.69. The van der Waals surface area contributed by atoms with Gasteiger partial charge in [0, 0.05) is 0 Å². The van der Waals surface area contributed by atoms with Crippen LogP contribution in [0.15, 0.2) is 0 Å². The summed E-state index contributed by atoms with van der Waals surface area (Å²) >= 11 is 0. The fourth-order valence-electron chi connectivity index (χ4n) is 0.582. The number of ether oxygens (including phenoxy) is 1. The Morgan fingerprint density at radius 1 is 1.46 bits per heavy atom. The topological polar surface area (TPSA) is 64.3 Å². The van der Waals surface area contributed by atoms with Gasteiger partial charge in [0.05, 0.1) is 14.1 Å². The molecule has 0 aliphatic carbocycles. The summed E-state index contributed by atoms with van der Waals surface area (Å²) in [6.07, 6.45) is -0.441. The summed E-state index contributed by atoms with van der Waals surface area (Å²) in [5.41, 5.74) is -0.462. The lowest BCUT2D eigenvalue weighted by Gasteiger charge is -2.24. The standard InChI is InChI=1S/C8H19N3O2/c1-8(2,3)13-7(12)10-6-11(4,5)9/h6,9H2,1-5H3/p+1. The second kappa shape index (κ2) is 3.93. The first-order valence-corrected chi connectivity index (χ1v) is 4.18. The molecule has 0 radical (unpaired) electrons. The van der Waals surface area contributed by atoms with Gasteiger partial charge >= 0.3 is 6.09 Å². The summed E-state index contributed by atoms with van der Waals surface area (Å²) < 4.78 is 5.20. The molecule has 0 aromatic rings. The van der Waals surface area contributed by atoms with Crippen molar-refractivity contribution in [2.45, 2.75) is 26.4 Å². The number of amides is 1. The predicted molar refractivity (Wildman–Crippen MR) is 50.5 cm³/mol. The maximum absolute atomic E-state index is 11.1. The minimum Gasteiger partial charge on any atom is -0.444 e. The van der Waals surface area contributed by atoms with Gasteiger partial charge in [-0.25, -0.2) is 9.39 Å². The van der Waals surface area contributed by atoms with Crippen LogP contribution in [0.4, 0.5) is 4.79 Å². The number of rotatable bonds is 2. The van der Waals surface area contributed by atoms with Gasteiger partial charge in [-0.15, -0.1) is 0 Å². The van der Waals surface area contributed by atoms with Crippen molar-refractivity contribution in [2.24, 2.45) is 5.84 Å². The highest BCUT2D eigenvalue weighted by Gasteiger charge is 2.17. The average molecular weight is 190 g/mol. The Morgan fingerprint density at radius 2 is 1.92 bits per heavy atom. The third kappa shape index (κ3) is 9.10. The maximum Gasteiger partial charge on any atom is 0.412 e. The number of carbonyl (C=O) groups is 1. The highest BCUT2D eigenvalue weighted by molar-refractivity contribution is 5.67. The predicted octanol–water partition coefficient (Wildman–Crippen LogP) is 0.419. The van der Waals surface area contributed by atoms with E-state index in [2.05, 4.69) is 5.32 Å². The molecule has 0 aliphatic heterocycles. The third-order valence-electron chi connectivity index (χ3n) is 1.03. The Balaban J connectivity index is 3.78. The zero-order chi connectivity index (χ0) is 10.7. The monoisotopic (exact) mass is 190 g/mol. The molecule has 0 rings (SSSR count). The van der Waals surface area contributed by atoms with Crippen molar-refractivity contribution in [3.63, 3.8) is 0 Å². The number of nitrogens with one attached hydrogen (secondary N) is 1. The van der Waals surface area contributed by atoms with Crippen molar-refractivity contribution in [3.8, 4) is 0 Å². The first-order valence-electron chi connectivity index (χ1n) is 4.18. The van der Waals surface area contributed by atoms with Crippen LogP contribution in [-0.4, -0.2) is 37.1 Å². The van der Waals surface area contributed by atoms with E-state index in [-0.39, 0.29) is 4.59 Å². The van der Waals surface area contributed by atoms with Gasteiger partial charge < -0.3 is 4.74 Å². The lowest BCUT2D eigenvalue weighted by atomic mass is 10.2. The maximum atomic E-state index is 11.1. The lowest BCUT2D eigenvalue weighted by molar-refractivity contribution is -0.904. The molecular weight excluding hydrogens is 170 g/mol. The number of nitrogens with zero attached hydrogens (tertiary/aromatic N) is 1. The minimum absolute atomic E-state index is 0.180. The molecule has 0 aromatic heterocycles. The Hall–Kier alpha value is -0.810. The van der Waals surface area contributed by atoms with E-state index in [9.17, 15) is 4.79 Å². The number of hydrogen-bond acceptors (Lipinski definition) is 3. The average Bonchev–Trinajstić information content (AvgIpc) is 1.78. The Labute approximate surface area is 79.4 Å². The second-order valence-electron chi connectivity index (χ2n) is 4.62. The molecule has 0 bridgehead atoms.